The SMILES string of the molecule is COc1ccc(NC(=O)C2=C(NC(=O)c3ccccc3Cl)S[C@@H]3CCCCCCCCCC[C@H]23)cc1. The van der Waals surface area contributed by atoms with Crippen LogP contribution < -0.4 is 15.4 Å². The number of nitrogens with one attached hydrogen (secondary N) is 2. The molecule has 1 saturated carbocycles. The summed E-state index contributed by atoms with van der Waals surface area (Å²) < 4.78 is 5.24. The van der Waals surface area contributed by atoms with Gasteiger partial charge < -0.3 is 15.4 Å². The van der Waals surface area contributed by atoms with Crippen LogP contribution in [0.5, 0.6) is 5.75 Å². The van der Waals surface area contributed by atoms with E-state index in [2.05, 4.69) is 10.6 Å². The average Bonchev–Trinajstić information content (AvgIpc) is 3.21. The largest absolute Gasteiger partial charge is 0.497 e. The number of anilines is 1. The lowest BCUT2D eigenvalue weighted by atomic mass is 9.86. The molecule has 192 valence electrons. The molecule has 2 aromatic carbocycles. The van der Waals surface area contributed by atoms with Crippen molar-refractivity contribution in [1.82, 2.24) is 5.32 Å². The van der Waals surface area contributed by atoms with Crippen LogP contribution in [0.3, 0.4) is 0 Å². The van der Waals surface area contributed by atoms with Gasteiger partial charge >= 0.3 is 0 Å². The predicted octanol–water partition coefficient (Wildman–Crippen LogP) is 7.57. The number of fused-ring (bicyclic) bond motifs is 1. The zero-order valence-electron chi connectivity index (χ0n) is 20.9. The van der Waals surface area contributed by atoms with Gasteiger partial charge in [0.1, 0.15) is 5.75 Å². The highest BCUT2D eigenvalue weighted by atomic mass is 35.5. The zero-order chi connectivity index (χ0) is 25.3. The highest BCUT2D eigenvalue weighted by molar-refractivity contribution is 8.04. The normalized spacial score (nSPS) is 21.1. The summed E-state index contributed by atoms with van der Waals surface area (Å²) >= 11 is 7.95. The molecule has 2 N–H and O–H groups in total. The van der Waals surface area contributed by atoms with Gasteiger partial charge in [-0.25, -0.2) is 0 Å². The fourth-order valence-corrected chi connectivity index (χ4v) is 6.84. The molecule has 0 spiro atoms. The summed E-state index contributed by atoms with van der Waals surface area (Å²) in [6.45, 7) is 0. The van der Waals surface area contributed by atoms with Crippen LogP contribution in [-0.4, -0.2) is 24.2 Å². The summed E-state index contributed by atoms with van der Waals surface area (Å²) in [5.41, 5.74) is 1.80. The van der Waals surface area contributed by atoms with Gasteiger partial charge in [0.2, 0.25) is 0 Å². The van der Waals surface area contributed by atoms with Crippen LogP contribution in [-0.2, 0) is 4.79 Å². The van der Waals surface area contributed by atoms with Crippen LogP contribution in [0.25, 0.3) is 0 Å². The first-order valence-corrected chi connectivity index (χ1v) is 14.2. The molecule has 2 aliphatic rings. The third-order valence-corrected chi connectivity index (χ3v) is 8.78. The predicted molar refractivity (Wildman–Crippen MR) is 149 cm³/mol. The first-order chi connectivity index (χ1) is 17.6. The molecular weight excluding hydrogens is 492 g/mol. The monoisotopic (exact) mass is 526 g/mol. The van der Waals surface area contributed by atoms with E-state index in [-0.39, 0.29) is 23.0 Å². The average molecular weight is 527 g/mol. The van der Waals surface area contributed by atoms with Crippen molar-refractivity contribution in [2.75, 3.05) is 12.4 Å². The highest BCUT2D eigenvalue weighted by Gasteiger charge is 2.39. The maximum absolute atomic E-state index is 13.7. The fourth-order valence-electron chi connectivity index (χ4n) is 5.07. The molecule has 36 heavy (non-hydrogen) atoms. The molecule has 0 radical (unpaired) electrons. The minimum absolute atomic E-state index is 0.106. The summed E-state index contributed by atoms with van der Waals surface area (Å²) in [4.78, 5) is 26.9. The Labute approximate surface area is 223 Å². The molecule has 0 bridgehead atoms. The quantitative estimate of drug-likeness (QED) is 0.421. The van der Waals surface area contributed by atoms with Crippen LogP contribution in [0.2, 0.25) is 5.02 Å². The van der Waals surface area contributed by atoms with Crippen molar-refractivity contribution in [2.45, 2.75) is 69.5 Å². The summed E-state index contributed by atoms with van der Waals surface area (Å²) in [6, 6.07) is 14.3. The number of benzene rings is 2. The maximum Gasteiger partial charge on any atom is 0.257 e. The number of ether oxygens (including phenoxy) is 1. The number of amides is 2. The highest BCUT2D eigenvalue weighted by Crippen LogP contribution is 2.46. The molecule has 7 heteroatoms. The molecule has 5 nitrogen and oxygen atoms in total. The van der Waals surface area contributed by atoms with E-state index in [1.165, 1.54) is 38.5 Å². The molecule has 1 aliphatic heterocycles. The molecule has 2 aromatic rings. The van der Waals surface area contributed by atoms with Crippen molar-refractivity contribution in [3.05, 3.63) is 69.7 Å². The van der Waals surface area contributed by atoms with Crippen LogP contribution >= 0.6 is 23.4 Å². The van der Waals surface area contributed by atoms with E-state index < -0.39 is 0 Å². The van der Waals surface area contributed by atoms with Crippen molar-refractivity contribution in [3.63, 3.8) is 0 Å². The van der Waals surface area contributed by atoms with Gasteiger partial charge in [-0.15, -0.1) is 11.8 Å². The van der Waals surface area contributed by atoms with Crippen molar-refractivity contribution in [3.8, 4) is 5.75 Å². The number of carbonyl (C=O) groups is 2. The topological polar surface area (TPSA) is 67.4 Å². The van der Waals surface area contributed by atoms with E-state index in [0.29, 0.717) is 26.9 Å². The molecule has 1 heterocycles. The van der Waals surface area contributed by atoms with Crippen LogP contribution in [0.1, 0.15) is 74.6 Å². The standard InChI is InChI=1S/C29H35ClN2O3S/c1-35-21-18-16-20(17-19-21)31-28(34)26-23-13-8-6-4-2-3-5-7-9-15-25(23)36-29(26)32-27(33)22-12-10-11-14-24(22)30/h10-12,14,16-19,23,25H,2-9,13,15H2,1H3,(H,31,34)(H,32,33)/t23-,25+/m0/s1. The maximum atomic E-state index is 13.7. The van der Waals surface area contributed by atoms with E-state index in [4.69, 9.17) is 16.3 Å². The molecule has 4 rings (SSSR count). The third kappa shape index (κ3) is 6.86. The molecule has 2 atom stereocenters. The number of hydrogen-bond acceptors (Lipinski definition) is 4. The van der Waals surface area contributed by atoms with Crippen molar-refractivity contribution < 1.29 is 14.3 Å². The van der Waals surface area contributed by atoms with E-state index in [1.807, 2.05) is 24.3 Å². The summed E-state index contributed by atoms with van der Waals surface area (Å²) in [6.07, 6.45) is 11.8. The van der Waals surface area contributed by atoms with E-state index in [0.717, 1.165) is 31.4 Å². The second-order valence-electron chi connectivity index (χ2n) is 9.53. The van der Waals surface area contributed by atoms with Gasteiger partial charge in [0.05, 0.1) is 28.3 Å². The van der Waals surface area contributed by atoms with Gasteiger partial charge in [-0.05, 0) is 49.2 Å². The smallest absolute Gasteiger partial charge is 0.257 e. The first-order valence-electron chi connectivity index (χ1n) is 13.0. The molecule has 2 amide bonds. The Bertz CT molecular complexity index is 1090. The lowest BCUT2D eigenvalue weighted by Crippen LogP contribution is -2.27. The van der Waals surface area contributed by atoms with Crippen molar-refractivity contribution in [2.24, 2.45) is 5.92 Å². The number of thioether (sulfide) groups is 1. The summed E-state index contributed by atoms with van der Waals surface area (Å²) in [5.74, 6) is 0.404. The second-order valence-corrected chi connectivity index (χ2v) is 11.2. The van der Waals surface area contributed by atoms with Crippen LogP contribution in [0.4, 0.5) is 5.69 Å². The zero-order valence-corrected chi connectivity index (χ0v) is 22.4. The molecular formula is C29H35ClN2O3S. The van der Waals surface area contributed by atoms with E-state index in [9.17, 15) is 9.59 Å². The molecule has 0 saturated heterocycles. The summed E-state index contributed by atoms with van der Waals surface area (Å²) in [5, 5.41) is 7.47. The Hall–Kier alpha value is -2.44. The van der Waals surface area contributed by atoms with Gasteiger partial charge in [0.15, 0.2) is 0 Å². The fraction of sp³-hybridized carbons (Fsp3) is 0.448. The lowest BCUT2D eigenvalue weighted by molar-refractivity contribution is -0.113. The number of halogens is 1. The van der Waals surface area contributed by atoms with Crippen LogP contribution in [0.15, 0.2) is 59.1 Å². The summed E-state index contributed by atoms with van der Waals surface area (Å²) in [7, 11) is 1.62. The second kappa shape index (κ2) is 13.2. The minimum Gasteiger partial charge on any atom is -0.497 e. The van der Waals surface area contributed by atoms with E-state index in [1.54, 1.807) is 43.1 Å². The number of carbonyl (C=O) groups excluding carboxylic acids is 2. The van der Waals surface area contributed by atoms with Gasteiger partial charge in [0, 0.05) is 16.9 Å². The number of methoxy groups -OCH3 is 1. The minimum atomic E-state index is -0.282. The molecule has 1 aliphatic carbocycles. The Balaban J connectivity index is 1.61. The van der Waals surface area contributed by atoms with Gasteiger partial charge in [-0.2, -0.15) is 0 Å². The van der Waals surface area contributed by atoms with Crippen molar-refractivity contribution in [1.29, 1.82) is 0 Å². The first kappa shape index (κ1) is 26.6. The Morgan fingerprint density at radius 2 is 1.47 bits per heavy atom. The number of hydrogen-bond donors (Lipinski definition) is 2. The Morgan fingerprint density at radius 3 is 2.14 bits per heavy atom. The Kier molecular flexibility index (Phi) is 9.76. The van der Waals surface area contributed by atoms with Gasteiger partial charge in [0.25, 0.3) is 11.8 Å². The van der Waals surface area contributed by atoms with Crippen molar-refractivity contribution >= 4 is 40.9 Å². The lowest BCUT2D eigenvalue weighted by Gasteiger charge is -2.22. The molecule has 1 fully saturated rings. The van der Waals surface area contributed by atoms with E-state index >= 15 is 0 Å². The Morgan fingerprint density at radius 1 is 0.833 bits per heavy atom. The van der Waals surface area contributed by atoms with Gasteiger partial charge in [-0.3, -0.25) is 9.59 Å². The third-order valence-electron chi connectivity index (χ3n) is 7.03. The molecule has 0 unspecified atom stereocenters. The molecule has 0 aromatic heterocycles. The van der Waals surface area contributed by atoms with Gasteiger partial charge in [-0.1, -0.05) is 75.1 Å². The number of rotatable bonds is 5. The van der Waals surface area contributed by atoms with Crippen LogP contribution in [0, 0.1) is 5.92 Å².